The number of nitrogens with zero attached hydrogens (tertiary/aromatic N) is 2. The SMILES string of the molecule is CN(Cc1nccs1)S(=O)(=O)c1cc2c(c(C(=O)O)c1)OCCO2. The standard InChI is InChI=1S/C14H14N2O6S2/c1-16(8-12-15-2-5-23-12)24(19,20)9-6-10(14(17)18)13-11(7-9)21-3-4-22-13/h2,5-7H,3-4,8H2,1H3,(H,17,18). The van der Waals surface area contributed by atoms with Crippen molar-refractivity contribution >= 4 is 27.3 Å². The first-order chi connectivity index (χ1) is 11.4. The molecule has 3 rings (SSSR count). The molecule has 0 bridgehead atoms. The van der Waals surface area contributed by atoms with Crippen LogP contribution in [-0.2, 0) is 16.6 Å². The Morgan fingerprint density at radius 2 is 2.12 bits per heavy atom. The zero-order valence-electron chi connectivity index (χ0n) is 12.6. The Labute approximate surface area is 142 Å². The van der Waals surface area contributed by atoms with E-state index in [9.17, 15) is 18.3 Å². The maximum atomic E-state index is 12.7. The number of sulfonamides is 1. The van der Waals surface area contributed by atoms with E-state index in [-0.39, 0.29) is 41.7 Å². The summed E-state index contributed by atoms with van der Waals surface area (Å²) in [6, 6.07) is 2.37. The number of carbonyl (C=O) groups is 1. The molecule has 0 saturated carbocycles. The van der Waals surface area contributed by atoms with Crippen LogP contribution in [0.2, 0.25) is 0 Å². The molecule has 1 aliphatic heterocycles. The Hall–Kier alpha value is -2.17. The van der Waals surface area contributed by atoms with Gasteiger partial charge in [-0.1, -0.05) is 0 Å². The number of aromatic carboxylic acids is 1. The summed E-state index contributed by atoms with van der Waals surface area (Å²) < 4.78 is 37.2. The lowest BCUT2D eigenvalue weighted by Gasteiger charge is -2.22. The van der Waals surface area contributed by atoms with Gasteiger partial charge in [-0.3, -0.25) is 0 Å². The summed E-state index contributed by atoms with van der Waals surface area (Å²) in [6.45, 7) is 0.532. The Morgan fingerprint density at radius 3 is 2.79 bits per heavy atom. The number of hydrogen-bond donors (Lipinski definition) is 1. The van der Waals surface area contributed by atoms with Crippen molar-refractivity contribution in [3.63, 3.8) is 0 Å². The van der Waals surface area contributed by atoms with E-state index in [0.29, 0.717) is 5.01 Å². The van der Waals surface area contributed by atoms with Crippen LogP contribution in [0.4, 0.5) is 0 Å². The second kappa shape index (κ2) is 6.38. The Kier molecular flexibility index (Phi) is 4.43. The van der Waals surface area contributed by atoms with Gasteiger partial charge in [0.1, 0.15) is 23.8 Å². The number of fused-ring (bicyclic) bond motifs is 1. The lowest BCUT2D eigenvalue weighted by Crippen LogP contribution is -2.27. The van der Waals surface area contributed by atoms with Crippen molar-refractivity contribution in [3.05, 3.63) is 34.3 Å². The number of hydrogen-bond acceptors (Lipinski definition) is 7. The molecule has 2 aromatic rings. The normalized spacial score (nSPS) is 13.9. The molecule has 1 aromatic heterocycles. The number of thiazole rings is 1. The molecule has 10 heteroatoms. The van der Waals surface area contributed by atoms with Crippen LogP contribution in [0.1, 0.15) is 15.4 Å². The van der Waals surface area contributed by atoms with Gasteiger partial charge in [0.25, 0.3) is 0 Å². The Balaban J connectivity index is 2.01. The van der Waals surface area contributed by atoms with E-state index in [2.05, 4.69) is 4.98 Å². The van der Waals surface area contributed by atoms with Crippen LogP contribution in [0.15, 0.2) is 28.6 Å². The van der Waals surface area contributed by atoms with Gasteiger partial charge in [-0.2, -0.15) is 4.31 Å². The number of carboxylic acid groups (broad SMARTS) is 1. The summed E-state index contributed by atoms with van der Waals surface area (Å²) in [5, 5.41) is 11.7. The minimum absolute atomic E-state index is 0.0512. The molecule has 0 spiro atoms. The minimum Gasteiger partial charge on any atom is -0.486 e. The zero-order chi connectivity index (χ0) is 17.3. The summed E-state index contributed by atoms with van der Waals surface area (Å²) >= 11 is 1.34. The van der Waals surface area contributed by atoms with Crippen LogP contribution in [0, 0.1) is 0 Å². The van der Waals surface area contributed by atoms with Gasteiger partial charge in [0, 0.05) is 24.7 Å². The molecular weight excluding hydrogens is 356 g/mol. The van der Waals surface area contributed by atoms with Gasteiger partial charge >= 0.3 is 5.97 Å². The molecule has 24 heavy (non-hydrogen) atoms. The molecule has 1 aliphatic rings. The fraction of sp³-hybridized carbons (Fsp3) is 0.286. The van der Waals surface area contributed by atoms with Crippen molar-refractivity contribution in [1.29, 1.82) is 0 Å². The van der Waals surface area contributed by atoms with Gasteiger partial charge in [0.15, 0.2) is 11.5 Å². The third-order valence-electron chi connectivity index (χ3n) is 3.40. The fourth-order valence-electron chi connectivity index (χ4n) is 2.22. The molecule has 128 valence electrons. The van der Waals surface area contributed by atoms with Gasteiger partial charge < -0.3 is 14.6 Å². The average Bonchev–Trinajstić information content (AvgIpc) is 3.06. The first-order valence-corrected chi connectivity index (χ1v) is 9.23. The van der Waals surface area contributed by atoms with Crippen molar-refractivity contribution < 1.29 is 27.8 Å². The van der Waals surface area contributed by atoms with Crippen molar-refractivity contribution in [2.45, 2.75) is 11.4 Å². The highest BCUT2D eigenvalue weighted by Crippen LogP contribution is 2.37. The van der Waals surface area contributed by atoms with Crippen LogP contribution < -0.4 is 9.47 Å². The fourth-order valence-corrected chi connectivity index (χ4v) is 4.15. The molecule has 0 fully saturated rings. The lowest BCUT2D eigenvalue weighted by atomic mass is 10.2. The molecule has 0 saturated heterocycles. The maximum absolute atomic E-state index is 12.7. The molecule has 0 radical (unpaired) electrons. The van der Waals surface area contributed by atoms with Crippen LogP contribution in [0.25, 0.3) is 0 Å². The third-order valence-corrected chi connectivity index (χ3v) is 5.94. The lowest BCUT2D eigenvalue weighted by molar-refractivity contribution is 0.0685. The monoisotopic (exact) mass is 370 g/mol. The smallest absolute Gasteiger partial charge is 0.339 e. The number of ether oxygens (including phenoxy) is 2. The zero-order valence-corrected chi connectivity index (χ0v) is 14.3. The van der Waals surface area contributed by atoms with E-state index in [1.54, 1.807) is 11.6 Å². The quantitative estimate of drug-likeness (QED) is 0.848. The summed E-state index contributed by atoms with van der Waals surface area (Å²) in [5.74, 6) is -1.12. The predicted molar refractivity (Wildman–Crippen MR) is 85.2 cm³/mol. The number of benzene rings is 1. The largest absolute Gasteiger partial charge is 0.486 e. The van der Waals surface area contributed by atoms with Crippen LogP contribution >= 0.6 is 11.3 Å². The summed E-state index contributed by atoms with van der Waals surface area (Å²) in [4.78, 5) is 15.3. The van der Waals surface area contributed by atoms with E-state index in [1.165, 1.54) is 24.5 Å². The first kappa shape index (κ1) is 16.7. The molecular formula is C14H14N2O6S2. The molecule has 0 amide bonds. The van der Waals surface area contributed by atoms with Crippen molar-refractivity contribution in [1.82, 2.24) is 9.29 Å². The molecule has 0 unspecified atom stereocenters. The molecule has 2 heterocycles. The van der Waals surface area contributed by atoms with E-state index >= 15 is 0 Å². The number of rotatable bonds is 5. The van der Waals surface area contributed by atoms with E-state index < -0.39 is 16.0 Å². The molecule has 0 atom stereocenters. The molecule has 8 nitrogen and oxygen atoms in total. The number of carboxylic acids is 1. The molecule has 0 aliphatic carbocycles. The van der Waals surface area contributed by atoms with E-state index in [1.807, 2.05) is 0 Å². The summed E-state index contributed by atoms with van der Waals surface area (Å²) in [5.41, 5.74) is -0.242. The summed E-state index contributed by atoms with van der Waals surface area (Å²) in [7, 11) is -2.49. The van der Waals surface area contributed by atoms with Crippen molar-refractivity contribution in [2.75, 3.05) is 20.3 Å². The minimum atomic E-state index is -3.90. The van der Waals surface area contributed by atoms with Gasteiger partial charge in [-0.25, -0.2) is 18.2 Å². The topological polar surface area (TPSA) is 106 Å². The second-order valence-corrected chi connectivity index (χ2v) is 8.01. The van der Waals surface area contributed by atoms with Crippen LogP contribution in [-0.4, -0.2) is 49.0 Å². The van der Waals surface area contributed by atoms with Gasteiger partial charge in [0.2, 0.25) is 10.0 Å². The maximum Gasteiger partial charge on any atom is 0.339 e. The average molecular weight is 370 g/mol. The second-order valence-electron chi connectivity index (χ2n) is 4.99. The van der Waals surface area contributed by atoms with E-state index in [4.69, 9.17) is 9.47 Å². The number of aromatic nitrogens is 1. The van der Waals surface area contributed by atoms with Gasteiger partial charge in [-0.05, 0) is 6.07 Å². The van der Waals surface area contributed by atoms with Gasteiger partial charge in [-0.15, -0.1) is 11.3 Å². The van der Waals surface area contributed by atoms with Crippen molar-refractivity contribution in [2.24, 2.45) is 0 Å². The molecule has 1 aromatic carbocycles. The Morgan fingerprint density at radius 1 is 1.38 bits per heavy atom. The Bertz CT molecular complexity index is 864. The highest BCUT2D eigenvalue weighted by Gasteiger charge is 2.28. The van der Waals surface area contributed by atoms with E-state index in [0.717, 1.165) is 10.4 Å². The first-order valence-electron chi connectivity index (χ1n) is 6.91. The van der Waals surface area contributed by atoms with Crippen LogP contribution in [0.5, 0.6) is 11.5 Å². The highest BCUT2D eigenvalue weighted by molar-refractivity contribution is 7.89. The predicted octanol–water partition coefficient (Wildman–Crippen LogP) is 1.43. The highest BCUT2D eigenvalue weighted by atomic mass is 32.2. The van der Waals surface area contributed by atoms with Gasteiger partial charge in [0.05, 0.1) is 11.4 Å². The van der Waals surface area contributed by atoms with Crippen LogP contribution in [0.3, 0.4) is 0 Å². The van der Waals surface area contributed by atoms with Crippen molar-refractivity contribution in [3.8, 4) is 11.5 Å². The third kappa shape index (κ3) is 3.07. The summed E-state index contributed by atoms with van der Waals surface area (Å²) in [6.07, 6.45) is 1.59. The molecule has 1 N–H and O–H groups in total.